The van der Waals surface area contributed by atoms with Crippen molar-refractivity contribution in [1.29, 1.82) is 0 Å². The van der Waals surface area contributed by atoms with E-state index in [9.17, 15) is 4.79 Å². The first-order valence-electron chi connectivity index (χ1n) is 35.6. The van der Waals surface area contributed by atoms with Gasteiger partial charge in [-0.1, -0.05) is 255 Å². The number of carbonyl (C=O) groups excluding carboxylic acids is 2. The molecule has 0 radical (unpaired) electrons. The summed E-state index contributed by atoms with van der Waals surface area (Å²) in [7, 11) is 0. The van der Waals surface area contributed by atoms with E-state index < -0.39 is 42.3 Å². The average molecular weight is 1400 g/mol. The molecule has 526 valence electrons. The van der Waals surface area contributed by atoms with E-state index in [1.807, 2.05) is 297 Å². The zero-order valence-electron chi connectivity index (χ0n) is 57.9. The van der Waals surface area contributed by atoms with Crippen LogP contribution in [-0.4, -0.2) is 24.1 Å². The van der Waals surface area contributed by atoms with Gasteiger partial charge in [-0.25, -0.2) is 0 Å². The van der Waals surface area contributed by atoms with Crippen LogP contribution in [0, 0.1) is 0 Å². The molecule has 0 spiro atoms. The van der Waals surface area contributed by atoms with E-state index in [0.29, 0.717) is 85.3 Å². The van der Waals surface area contributed by atoms with Crippen LogP contribution in [0.15, 0.2) is 297 Å². The smallest absolute Gasteiger partial charge is 0.306 e. The first kappa shape index (κ1) is 68.4. The molecule has 4 heterocycles. The summed E-state index contributed by atoms with van der Waals surface area (Å²) in [6.07, 6.45) is -4.50. The van der Waals surface area contributed by atoms with E-state index in [-0.39, 0.29) is 78.5 Å². The number of carbonyl (C=O) groups is 2. The highest BCUT2D eigenvalue weighted by molar-refractivity contribution is 5.75. The minimum absolute atomic E-state index is 0.0844. The molecule has 0 aromatic heterocycles. The molecule has 0 saturated carbocycles. The van der Waals surface area contributed by atoms with Crippen molar-refractivity contribution in [3.05, 3.63) is 370 Å². The zero-order valence-corrected chi connectivity index (χ0v) is 57.9. The normalized spacial score (nSPS) is 16.6. The number of fused-ring (bicyclic) bond motifs is 8. The van der Waals surface area contributed by atoms with Gasteiger partial charge in [-0.2, -0.15) is 0 Å². The summed E-state index contributed by atoms with van der Waals surface area (Å²) >= 11 is 0. The van der Waals surface area contributed by atoms with Crippen molar-refractivity contribution in [3.8, 4) is 57.5 Å². The Kier molecular flexibility index (Phi) is 21.6. The van der Waals surface area contributed by atoms with Crippen molar-refractivity contribution in [1.82, 2.24) is 0 Å². The maximum absolute atomic E-state index is 15.4. The van der Waals surface area contributed by atoms with Gasteiger partial charge in [0.05, 0.1) is 5.92 Å². The molecule has 0 amide bonds. The van der Waals surface area contributed by atoms with Crippen molar-refractivity contribution >= 4 is 11.9 Å². The van der Waals surface area contributed by atoms with Gasteiger partial charge in [0.25, 0.3) is 0 Å². The predicted octanol–water partition coefficient (Wildman–Crippen LogP) is 19.3. The summed E-state index contributed by atoms with van der Waals surface area (Å²) in [5.74, 6) is 1.89. The third kappa shape index (κ3) is 17.1. The molecule has 4 aliphatic heterocycles. The highest BCUT2D eigenvalue weighted by Crippen LogP contribution is 2.60. The Labute approximate surface area is 611 Å². The lowest BCUT2D eigenvalue weighted by Gasteiger charge is -2.43. The monoisotopic (exact) mass is 1390 g/mol. The molecular formula is C91H78O14. The van der Waals surface area contributed by atoms with Gasteiger partial charge in [0, 0.05) is 65.3 Å². The quantitative estimate of drug-likeness (QED) is 0.0474. The van der Waals surface area contributed by atoms with Gasteiger partial charge >= 0.3 is 11.9 Å². The predicted molar refractivity (Wildman–Crippen MR) is 398 cm³/mol. The van der Waals surface area contributed by atoms with E-state index in [0.717, 1.165) is 44.5 Å². The fourth-order valence-electron chi connectivity index (χ4n) is 13.4. The highest BCUT2D eigenvalue weighted by atomic mass is 16.6. The van der Waals surface area contributed by atoms with Crippen LogP contribution in [0.25, 0.3) is 0 Å². The Morgan fingerprint density at radius 2 is 0.648 bits per heavy atom. The van der Waals surface area contributed by atoms with Crippen LogP contribution in [0.5, 0.6) is 57.5 Å². The number of rotatable bonds is 26. The topological polar surface area (TPSA) is 145 Å². The lowest BCUT2D eigenvalue weighted by Crippen LogP contribution is -2.41. The van der Waals surface area contributed by atoms with Crippen LogP contribution in [0.4, 0.5) is 0 Å². The first-order chi connectivity index (χ1) is 51.8. The second kappa shape index (κ2) is 33.1. The van der Waals surface area contributed by atoms with Crippen LogP contribution in [0.2, 0.25) is 0 Å². The van der Waals surface area contributed by atoms with E-state index in [1.165, 1.54) is 0 Å². The van der Waals surface area contributed by atoms with Crippen molar-refractivity contribution in [3.63, 3.8) is 0 Å². The van der Waals surface area contributed by atoms with Gasteiger partial charge in [0.15, 0.2) is 41.3 Å². The summed E-state index contributed by atoms with van der Waals surface area (Å²) in [6, 6.07) is 96.4. The third-order valence-corrected chi connectivity index (χ3v) is 18.7. The molecule has 16 rings (SSSR count). The van der Waals surface area contributed by atoms with Crippen LogP contribution < -0.4 is 47.4 Å². The molecule has 14 heteroatoms. The van der Waals surface area contributed by atoms with Crippen LogP contribution in [-0.2, 0) is 78.3 Å². The zero-order chi connectivity index (χ0) is 70.9. The molecular weight excluding hydrogens is 1320 g/mol. The maximum Gasteiger partial charge on any atom is 0.306 e. The van der Waals surface area contributed by atoms with Gasteiger partial charge in [-0.15, -0.1) is 0 Å². The van der Waals surface area contributed by atoms with Gasteiger partial charge in [0.2, 0.25) is 0 Å². The third-order valence-electron chi connectivity index (χ3n) is 18.7. The number of ether oxygens (including phenoxy) is 12. The molecule has 105 heavy (non-hydrogen) atoms. The molecule has 0 unspecified atom stereocenters. The highest BCUT2D eigenvalue weighted by Gasteiger charge is 2.50. The molecule has 0 fully saturated rings. The average Bonchev–Trinajstić information content (AvgIpc) is 0.719. The summed E-state index contributed by atoms with van der Waals surface area (Å²) in [5, 5.41) is 0. The minimum atomic E-state index is -1.27. The molecule has 0 aliphatic carbocycles. The Bertz CT molecular complexity index is 4860. The summed E-state index contributed by atoms with van der Waals surface area (Å²) < 4.78 is 84.8. The Morgan fingerprint density at radius 3 is 1.07 bits per heavy atom. The van der Waals surface area contributed by atoms with Crippen molar-refractivity contribution in [2.45, 2.75) is 109 Å². The largest absolute Gasteiger partial charge is 0.489 e. The van der Waals surface area contributed by atoms with Crippen LogP contribution >= 0.6 is 0 Å². The minimum Gasteiger partial charge on any atom is -0.489 e. The lowest BCUT2D eigenvalue weighted by atomic mass is 9.77. The number of hydrogen-bond acceptors (Lipinski definition) is 14. The molecule has 4 bridgehead atoms. The number of hydrogen-bond donors (Lipinski definition) is 0. The molecule has 14 nitrogen and oxygen atoms in total. The lowest BCUT2D eigenvalue weighted by molar-refractivity contribution is -0.159. The SMILES string of the molecule is O=C1CCCC(=O)O[C@@H]2Cc3c(OCc4ccccc4)cc(OCc4ccccc4)c(c3O[C@@H]2c2ccc(OCc3ccccc3)c(OCc3ccccc3)c2)[C@@H]2c3c(OCc4ccccc4)cc(OCc4ccccc4)cc3O[C@H](c3ccc(OCc4ccccc4)c(OCc4ccccc4)c3)[C@H]2O1. The van der Waals surface area contributed by atoms with E-state index in [2.05, 4.69) is 0 Å². The van der Waals surface area contributed by atoms with Gasteiger partial charge in [-0.3, -0.25) is 9.59 Å². The molecule has 0 saturated heterocycles. The second-order valence-electron chi connectivity index (χ2n) is 26.1. The van der Waals surface area contributed by atoms with Gasteiger partial charge < -0.3 is 56.8 Å². The van der Waals surface area contributed by atoms with E-state index in [4.69, 9.17) is 56.8 Å². The van der Waals surface area contributed by atoms with Crippen LogP contribution in [0.1, 0.15) is 110 Å². The first-order valence-corrected chi connectivity index (χ1v) is 35.6. The number of benzene rings is 12. The maximum atomic E-state index is 15.4. The van der Waals surface area contributed by atoms with Crippen molar-refractivity contribution < 1.29 is 66.4 Å². The van der Waals surface area contributed by atoms with Gasteiger partial charge in [-0.05, 0) is 75.2 Å². The Balaban J connectivity index is 0.967. The second-order valence-corrected chi connectivity index (χ2v) is 26.1. The molecule has 4 aliphatic rings. The Hall–Kier alpha value is -12.4. The van der Waals surface area contributed by atoms with E-state index >= 15 is 4.79 Å². The molecule has 12 aromatic rings. The van der Waals surface area contributed by atoms with Crippen molar-refractivity contribution in [2.24, 2.45) is 0 Å². The molecule has 12 aromatic carbocycles. The van der Waals surface area contributed by atoms with E-state index in [1.54, 1.807) is 0 Å². The van der Waals surface area contributed by atoms with Gasteiger partial charge in [0.1, 0.15) is 93.5 Å². The van der Waals surface area contributed by atoms with Crippen molar-refractivity contribution in [2.75, 3.05) is 0 Å². The molecule has 5 atom stereocenters. The summed E-state index contributed by atoms with van der Waals surface area (Å²) in [4.78, 5) is 30.1. The standard InChI is InChI=1S/C91H78O14/c92-83-42-25-43-84(93)104-91-87(85-79(100-60-68-38-21-7-22-39-68)50-72(94-54-62-26-9-1-10-27-62)51-81(85)103-89(91)71-45-47-75(96-56-64-30-13-3-14-31-64)78(49-71)99-59-67-36-19-6-20-37-67)86-80(101-61-69-40-23-8-24-41-69)53-76(97-57-65-32-15-4-16-33-65)73-52-82(102-83)88(105-90(73)86)70-44-46-74(95-55-63-28-11-2-12-29-63)77(48-70)98-58-66-34-17-5-18-35-66/h1-24,26-41,44-51,53,82,87-89,91H,25,42-43,52,54-61H2/t82-,87+,88-,89-,91+/m1/s1. The number of esters is 2. The van der Waals surface area contributed by atoms with Crippen LogP contribution in [0.3, 0.4) is 0 Å². The molecule has 0 N–H and O–H groups in total. The fraction of sp³-hybridized carbons (Fsp3) is 0.187. The summed E-state index contributed by atoms with van der Waals surface area (Å²) in [5.41, 5.74) is 10.2. The fourth-order valence-corrected chi connectivity index (χ4v) is 13.4. The Morgan fingerprint density at radius 1 is 0.295 bits per heavy atom. The summed E-state index contributed by atoms with van der Waals surface area (Å²) in [6.45, 7) is 1.50.